The van der Waals surface area contributed by atoms with Gasteiger partial charge in [-0.25, -0.2) is 9.37 Å². The predicted molar refractivity (Wildman–Crippen MR) is 70.9 cm³/mol. The Morgan fingerprint density at radius 3 is 2.95 bits per heavy atom. The Labute approximate surface area is 119 Å². The average molecular weight is 290 g/mol. The van der Waals surface area contributed by atoms with Crippen molar-refractivity contribution in [2.75, 3.05) is 6.61 Å². The van der Waals surface area contributed by atoms with E-state index in [0.29, 0.717) is 18.8 Å². The second-order valence-electron chi connectivity index (χ2n) is 4.66. The van der Waals surface area contributed by atoms with Crippen LogP contribution in [0.15, 0.2) is 36.5 Å². The first-order valence-corrected chi connectivity index (χ1v) is 6.49. The number of amides is 1. The second-order valence-corrected chi connectivity index (χ2v) is 4.66. The highest BCUT2D eigenvalue weighted by Crippen LogP contribution is 2.31. The van der Waals surface area contributed by atoms with Crippen LogP contribution in [0.4, 0.5) is 8.78 Å². The van der Waals surface area contributed by atoms with Crippen molar-refractivity contribution in [1.29, 1.82) is 0 Å². The van der Waals surface area contributed by atoms with Crippen molar-refractivity contribution in [3.63, 3.8) is 0 Å². The Bertz CT molecular complexity index is 691. The van der Waals surface area contributed by atoms with Crippen molar-refractivity contribution in [3.05, 3.63) is 59.4 Å². The summed E-state index contributed by atoms with van der Waals surface area (Å²) >= 11 is 0. The fourth-order valence-corrected chi connectivity index (χ4v) is 2.32. The number of hydrogen-bond donors (Lipinski definition) is 1. The molecule has 0 saturated heterocycles. The fourth-order valence-electron chi connectivity index (χ4n) is 2.32. The number of ether oxygens (including phenoxy) is 1. The van der Waals surface area contributed by atoms with Crippen LogP contribution in [0.1, 0.15) is 28.4 Å². The lowest BCUT2D eigenvalue weighted by atomic mass is 10.00. The van der Waals surface area contributed by atoms with E-state index in [2.05, 4.69) is 10.3 Å². The van der Waals surface area contributed by atoms with Crippen LogP contribution in [-0.4, -0.2) is 17.5 Å². The van der Waals surface area contributed by atoms with Gasteiger partial charge in [0.05, 0.1) is 18.2 Å². The molecule has 2 aromatic rings. The van der Waals surface area contributed by atoms with Crippen LogP contribution in [0.25, 0.3) is 0 Å². The molecule has 1 amide bonds. The topological polar surface area (TPSA) is 51.2 Å². The molecule has 1 aliphatic rings. The molecule has 1 aliphatic heterocycles. The standard InChI is InChI=1S/C15H12F2N2O2/c16-13-10(5-7-18-14(13)17)15(20)19-11-6-8-21-12-4-2-1-3-9(11)12/h1-5,7,11H,6,8H2,(H,19,20). The molecule has 1 N–H and O–H groups in total. The van der Waals surface area contributed by atoms with Gasteiger partial charge in [0.1, 0.15) is 5.75 Å². The van der Waals surface area contributed by atoms with Gasteiger partial charge in [-0.05, 0) is 12.1 Å². The van der Waals surface area contributed by atoms with Gasteiger partial charge in [0.2, 0.25) is 5.95 Å². The molecule has 3 rings (SSSR count). The van der Waals surface area contributed by atoms with Gasteiger partial charge in [0, 0.05) is 18.2 Å². The Kier molecular flexibility index (Phi) is 3.51. The molecule has 0 aliphatic carbocycles. The van der Waals surface area contributed by atoms with Crippen LogP contribution in [0.5, 0.6) is 5.75 Å². The number of carbonyl (C=O) groups is 1. The molecule has 108 valence electrons. The van der Waals surface area contributed by atoms with E-state index in [1.165, 1.54) is 0 Å². The molecule has 1 aromatic carbocycles. The summed E-state index contributed by atoms with van der Waals surface area (Å²) in [5.74, 6) is -2.50. The van der Waals surface area contributed by atoms with E-state index in [1.54, 1.807) is 6.07 Å². The molecule has 1 atom stereocenters. The van der Waals surface area contributed by atoms with Crippen LogP contribution in [0.2, 0.25) is 0 Å². The molecule has 0 radical (unpaired) electrons. The summed E-state index contributed by atoms with van der Waals surface area (Å²) in [5.41, 5.74) is 0.471. The number of carbonyl (C=O) groups excluding carboxylic acids is 1. The molecular weight excluding hydrogens is 278 g/mol. The Balaban J connectivity index is 1.85. The molecule has 0 fully saturated rings. The fraction of sp³-hybridized carbons (Fsp3) is 0.200. The third-order valence-electron chi connectivity index (χ3n) is 3.36. The minimum atomic E-state index is -1.28. The third kappa shape index (κ3) is 2.56. The van der Waals surface area contributed by atoms with E-state index in [4.69, 9.17) is 4.74 Å². The number of hydrogen-bond acceptors (Lipinski definition) is 3. The number of pyridine rings is 1. The van der Waals surface area contributed by atoms with E-state index in [0.717, 1.165) is 17.8 Å². The summed E-state index contributed by atoms with van der Waals surface area (Å²) in [5, 5.41) is 2.71. The first-order valence-electron chi connectivity index (χ1n) is 6.49. The molecule has 1 unspecified atom stereocenters. The van der Waals surface area contributed by atoms with Crippen molar-refractivity contribution in [2.24, 2.45) is 0 Å². The Morgan fingerprint density at radius 2 is 2.10 bits per heavy atom. The lowest BCUT2D eigenvalue weighted by molar-refractivity contribution is 0.0919. The molecule has 2 heterocycles. The van der Waals surface area contributed by atoms with Crippen LogP contribution in [0.3, 0.4) is 0 Å². The van der Waals surface area contributed by atoms with E-state index in [-0.39, 0.29) is 11.6 Å². The molecule has 0 saturated carbocycles. The average Bonchev–Trinajstić information content (AvgIpc) is 2.50. The van der Waals surface area contributed by atoms with Crippen molar-refractivity contribution in [2.45, 2.75) is 12.5 Å². The number of fused-ring (bicyclic) bond motifs is 1. The molecule has 1 aromatic heterocycles. The molecule has 0 bridgehead atoms. The number of aromatic nitrogens is 1. The van der Waals surface area contributed by atoms with Crippen LogP contribution in [0, 0.1) is 11.8 Å². The largest absolute Gasteiger partial charge is 0.493 e. The second kappa shape index (κ2) is 5.47. The van der Waals surface area contributed by atoms with E-state index in [1.807, 2.05) is 18.2 Å². The number of rotatable bonds is 2. The zero-order chi connectivity index (χ0) is 14.8. The molecule has 0 spiro atoms. The summed E-state index contributed by atoms with van der Waals surface area (Å²) in [4.78, 5) is 15.3. The van der Waals surface area contributed by atoms with Crippen molar-refractivity contribution >= 4 is 5.91 Å². The maximum Gasteiger partial charge on any atom is 0.254 e. The number of nitrogens with one attached hydrogen (secondary N) is 1. The van der Waals surface area contributed by atoms with Crippen LogP contribution in [-0.2, 0) is 0 Å². The normalized spacial score (nSPS) is 16.8. The maximum absolute atomic E-state index is 13.6. The highest BCUT2D eigenvalue weighted by Gasteiger charge is 2.24. The Morgan fingerprint density at radius 1 is 1.29 bits per heavy atom. The smallest absolute Gasteiger partial charge is 0.254 e. The lowest BCUT2D eigenvalue weighted by Crippen LogP contribution is -2.32. The predicted octanol–water partition coefficient (Wildman–Crippen LogP) is 2.61. The summed E-state index contributed by atoms with van der Waals surface area (Å²) in [6.45, 7) is 0.454. The lowest BCUT2D eigenvalue weighted by Gasteiger charge is -2.26. The van der Waals surface area contributed by atoms with Gasteiger partial charge in [-0.15, -0.1) is 0 Å². The highest BCUT2D eigenvalue weighted by atomic mass is 19.2. The van der Waals surface area contributed by atoms with Crippen molar-refractivity contribution in [1.82, 2.24) is 10.3 Å². The van der Waals surface area contributed by atoms with Crippen molar-refractivity contribution < 1.29 is 18.3 Å². The zero-order valence-electron chi connectivity index (χ0n) is 11.0. The molecule has 6 heteroatoms. The summed E-state index contributed by atoms with van der Waals surface area (Å²) < 4.78 is 32.1. The van der Waals surface area contributed by atoms with E-state index < -0.39 is 17.7 Å². The van der Waals surface area contributed by atoms with Gasteiger partial charge in [-0.1, -0.05) is 18.2 Å². The minimum absolute atomic E-state index is 0.293. The first kappa shape index (κ1) is 13.5. The van der Waals surface area contributed by atoms with Gasteiger partial charge < -0.3 is 10.1 Å². The molecule has 4 nitrogen and oxygen atoms in total. The quantitative estimate of drug-likeness (QED) is 0.865. The maximum atomic E-state index is 13.6. The van der Waals surface area contributed by atoms with Gasteiger partial charge in [0.15, 0.2) is 5.82 Å². The zero-order valence-corrected chi connectivity index (χ0v) is 11.0. The van der Waals surface area contributed by atoms with Gasteiger partial charge >= 0.3 is 0 Å². The summed E-state index contributed by atoms with van der Waals surface area (Å²) in [6.07, 6.45) is 1.63. The molecule has 21 heavy (non-hydrogen) atoms. The summed E-state index contributed by atoms with van der Waals surface area (Å²) in [7, 11) is 0. The number of nitrogens with zero attached hydrogens (tertiary/aromatic N) is 1. The highest BCUT2D eigenvalue weighted by molar-refractivity contribution is 5.94. The van der Waals surface area contributed by atoms with Crippen LogP contribution < -0.4 is 10.1 Å². The first-order chi connectivity index (χ1) is 10.2. The number of para-hydroxylation sites is 1. The number of halogens is 2. The van der Waals surface area contributed by atoms with E-state index in [9.17, 15) is 13.6 Å². The molecular formula is C15H12F2N2O2. The SMILES string of the molecule is O=C(NC1CCOc2ccccc21)c1ccnc(F)c1F. The third-order valence-corrected chi connectivity index (χ3v) is 3.36. The summed E-state index contributed by atoms with van der Waals surface area (Å²) in [6, 6.07) is 8.17. The minimum Gasteiger partial charge on any atom is -0.493 e. The number of benzene rings is 1. The van der Waals surface area contributed by atoms with Gasteiger partial charge in [0.25, 0.3) is 5.91 Å². The Hall–Kier alpha value is -2.50. The van der Waals surface area contributed by atoms with Gasteiger partial charge in [-0.2, -0.15) is 4.39 Å². The monoisotopic (exact) mass is 290 g/mol. The van der Waals surface area contributed by atoms with E-state index >= 15 is 0 Å². The van der Waals surface area contributed by atoms with Crippen molar-refractivity contribution in [3.8, 4) is 5.75 Å². The van der Waals surface area contributed by atoms with Crippen LogP contribution >= 0.6 is 0 Å². The van der Waals surface area contributed by atoms with Gasteiger partial charge in [-0.3, -0.25) is 4.79 Å².